The van der Waals surface area contributed by atoms with Crippen LogP contribution in [0.1, 0.15) is 36.2 Å². The van der Waals surface area contributed by atoms with Gasteiger partial charge in [-0.05, 0) is 49.1 Å². The molecule has 112 valence electrons. The number of hydrogen-bond donors (Lipinski definition) is 0. The number of fused-ring (bicyclic) bond motifs is 1. The largest absolute Gasteiger partial charge is 0.381 e. The minimum absolute atomic E-state index is 0.0187. The fourth-order valence-corrected chi connectivity index (χ4v) is 6.22. The topological polar surface area (TPSA) is 46.6 Å². The molecule has 1 saturated heterocycles. The van der Waals surface area contributed by atoms with E-state index in [2.05, 4.69) is 11.4 Å². The highest BCUT2D eigenvalue weighted by Crippen LogP contribution is 2.35. The highest BCUT2D eigenvalue weighted by Gasteiger charge is 2.34. The van der Waals surface area contributed by atoms with E-state index in [4.69, 9.17) is 4.74 Å². The Bertz CT molecular complexity index is 561. The van der Waals surface area contributed by atoms with E-state index in [1.54, 1.807) is 15.6 Å². The molecule has 1 aromatic heterocycles. The van der Waals surface area contributed by atoms with Crippen molar-refractivity contribution >= 4 is 21.4 Å². The highest BCUT2D eigenvalue weighted by molar-refractivity contribution is 7.89. The zero-order valence-electron chi connectivity index (χ0n) is 11.7. The first-order valence-electron chi connectivity index (χ1n) is 7.21. The van der Waals surface area contributed by atoms with Gasteiger partial charge < -0.3 is 4.74 Å². The Morgan fingerprint density at radius 2 is 2.15 bits per heavy atom. The van der Waals surface area contributed by atoms with Crippen LogP contribution in [0.5, 0.6) is 0 Å². The van der Waals surface area contributed by atoms with E-state index in [0.29, 0.717) is 19.8 Å². The summed E-state index contributed by atoms with van der Waals surface area (Å²) >= 11 is 1.74. The number of ether oxygens (including phenoxy) is 1. The molecule has 6 heteroatoms. The highest BCUT2D eigenvalue weighted by atomic mass is 32.2. The number of nitrogens with zero attached hydrogens (tertiary/aromatic N) is 1. The first kappa shape index (κ1) is 14.5. The Kier molecular flexibility index (Phi) is 4.17. The molecule has 0 bridgehead atoms. The van der Waals surface area contributed by atoms with Gasteiger partial charge in [-0.2, -0.15) is 4.31 Å². The molecule has 0 unspecified atom stereocenters. The van der Waals surface area contributed by atoms with Gasteiger partial charge in [-0.1, -0.05) is 0 Å². The van der Waals surface area contributed by atoms with Gasteiger partial charge in [-0.3, -0.25) is 0 Å². The Morgan fingerprint density at radius 3 is 2.90 bits per heavy atom. The summed E-state index contributed by atoms with van der Waals surface area (Å²) in [6, 6.07) is 2.05. The summed E-state index contributed by atoms with van der Waals surface area (Å²) in [5.74, 6) is 0.532. The van der Waals surface area contributed by atoms with E-state index >= 15 is 0 Å². The van der Waals surface area contributed by atoms with Crippen LogP contribution in [0.25, 0.3) is 0 Å². The van der Waals surface area contributed by atoms with Crippen molar-refractivity contribution in [1.29, 1.82) is 0 Å². The van der Waals surface area contributed by atoms with Crippen molar-refractivity contribution in [2.24, 2.45) is 5.92 Å². The summed E-state index contributed by atoms with van der Waals surface area (Å²) in [5, 5.41) is 2.07. The average Bonchev–Trinajstić information content (AvgIpc) is 2.88. The molecule has 2 aliphatic heterocycles. The number of hydrogen-bond acceptors (Lipinski definition) is 4. The minimum Gasteiger partial charge on any atom is -0.381 e. The second kappa shape index (κ2) is 5.75. The van der Waals surface area contributed by atoms with Gasteiger partial charge in [0.05, 0.1) is 5.75 Å². The maximum Gasteiger partial charge on any atom is 0.214 e. The van der Waals surface area contributed by atoms with Crippen LogP contribution in [0.15, 0.2) is 11.4 Å². The van der Waals surface area contributed by atoms with Gasteiger partial charge in [0, 0.05) is 30.7 Å². The smallest absolute Gasteiger partial charge is 0.214 e. The third kappa shape index (κ3) is 2.79. The molecule has 1 aromatic rings. The zero-order chi connectivity index (χ0) is 14.2. The lowest BCUT2D eigenvalue weighted by Crippen LogP contribution is -2.41. The SMILES string of the molecule is C[C@@H]1c2ccsc2CCN1S(=O)(=O)CC1CCOCC1. The van der Waals surface area contributed by atoms with Gasteiger partial charge in [-0.15, -0.1) is 11.3 Å². The fraction of sp³-hybridized carbons (Fsp3) is 0.714. The van der Waals surface area contributed by atoms with Gasteiger partial charge in [0.1, 0.15) is 0 Å². The molecule has 0 saturated carbocycles. The van der Waals surface area contributed by atoms with Crippen LogP contribution < -0.4 is 0 Å². The number of thiophene rings is 1. The van der Waals surface area contributed by atoms with Crippen molar-refractivity contribution in [2.75, 3.05) is 25.5 Å². The molecule has 20 heavy (non-hydrogen) atoms. The van der Waals surface area contributed by atoms with Crippen LogP contribution in [-0.2, 0) is 21.2 Å². The molecule has 1 atom stereocenters. The number of rotatable bonds is 3. The van der Waals surface area contributed by atoms with Crippen molar-refractivity contribution in [2.45, 2.75) is 32.2 Å². The predicted molar refractivity (Wildman–Crippen MR) is 80.5 cm³/mol. The van der Waals surface area contributed by atoms with Gasteiger partial charge in [0.2, 0.25) is 10.0 Å². The summed E-state index contributed by atoms with van der Waals surface area (Å²) in [5.41, 5.74) is 1.19. The first-order valence-corrected chi connectivity index (χ1v) is 9.70. The molecule has 0 aromatic carbocycles. The average molecular weight is 315 g/mol. The Balaban J connectivity index is 1.74. The summed E-state index contributed by atoms with van der Waals surface area (Å²) in [6.45, 7) is 4.03. The van der Waals surface area contributed by atoms with Gasteiger partial charge in [-0.25, -0.2) is 8.42 Å². The van der Waals surface area contributed by atoms with E-state index in [1.165, 1.54) is 10.4 Å². The van der Waals surface area contributed by atoms with Crippen molar-refractivity contribution in [3.05, 3.63) is 21.9 Å². The third-order valence-electron chi connectivity index (χ3n) is 4.37. The van der Waals surface area contributed by atoms with E-state index in [9.17, 15) is 8.42 Å². The predicted octanol–water partition coefficient (Wildman–Crippen LogP) is 2.42. The molecule has 0 N–H and O–H groups in total. The Hall–Kier alpha value is -0.430. The quantitative estimate of drug-likeness (QED) is 0.860. The lowest BCUT2D eigenvalue weighted by molar-refractivity contribution is 0.0719. The monoisotopic (exact) mass is 315 g/mol. The second-order valence-corrected chi connectivity index (χ2v) is 8.64. The molecule has 3 heterocycles. The third-order valence-corrected chi connectivity index (χ3v) is 7.47. The van der Waals surface area contributed by atoms with Crippen LogP contribution in [0.2, 0.25) is 0 Å². The molecule has 2 aliphatic rings. The number of sulfonamides is 1. The lowest BCUT2D eigenvalue weighted by Gasteiger charge is -2.34. The van der Waals surface area contributed by atoms with E-state index < -0.39 is 10.0 Å². The molecule has 0 amide bonds. The zero-order valence-corrected chi connectivity index (χ0v) is 13.4. The Labute approximate surface area is 124 Å². The van der Waals surface area contributed by atoms with Crippen molar-refractivity contribution in [3.8, 4) is 0 Å². The summed E-state index contributed by atoms with van der Waals surface area (Å²) in [4.78, 5) is 1.34. The van der Waals surface area contributed by atoms with Crippen molar-refractivity contribution < 1.29 is 13.2 Å². The molecule has 0 radical (unpaired) electrons. The molecule has 1 fully saturated rings. The van der Waals surface area contributed by atoms with E-state index in [0.717, 1.165) is 19.3 Å². The van der Waals surface area contributed by atoms with Crippen LogP contribution in [0.4, 0.5) is 0 Å². The lowest BCUT2D eigenvalue weighted by atomic mass is 10.0. The molecule has 0 spiro atoms. The maximum atomic E-state index is 12.7. The van der Waals surface area contributed by atoms with E-state index in [-0.39, 0.29) is 17.7 Å². The van der Waals surface area contributed by atoms with Crippen LogP contribution in [-0.4, -0.2) is 38.2 Å². The first-order chi connectivity index (χ1) is 9.58. The molecular formula is C14H21NO3S2. The van der Waals surface area contributed by atoms with Crippen molar-refractivity contribution in [3.63, 3.8) is 0 Å². The normalized spacial score (nSPS) is 25.6. The van der Waals surface area contributed by atoms with Gasteiger partial charge >= 0.3 is 0 Å². The molecule has 4 nitrogen and oxygen atoms in total. The van der Waals surface area contributed by atoms with Gasteiger partial charge in [0.25, 0.3) is 0 Å². The molecule has 0 aliphatic carbocycles. The Morgan fingerprint density at radius 1 is 1.40 bits per heavy atom. The summed E-state index contributed by atoms with van der Waals surface area (Å²) in [7, 11) is -3.17. The van der Waals surface area contributed by atoms with E-state index in [1.807, 2.05) is 6.92 Å². The van der Waals surface area contributed by atoms with Crippen molar-refractivity contribution in [1.82, 2.24) is 4.31 Å². The fourth-order valence-electron chi connectivity index (χ4n) is 3.17. The van der Waals surface area contributed by atoms with Crippen LogP contribution in [0, 0.1) is 5.92 Å². The summed E-state index contributed by atoms with van der Waals surface area (Å²) in [6.07, 6.45) is 2.58. The second-order valence-electron chi connectivity index (χ2n) is 5.67. The van der Waals surface area contributed by atoms with Crippen LogP contribution in [0.3, 0.4) is 0 Å². The van der Waals surface area contributed by atoms with Gasteiger partial charge in [0.15, 0.2) is 0 Å². The molecule has 3 rings (SSSR count). The molecular weight excluding hydrogens is 294 g/mol. The van der Waals surface area contributed by atoms with Crippen LogP contribution >= 0.6 is 11.3 Å². The minimum atomic E-state index is -3.17. The maximum absolute atomic E-state index is 12.7. The summed E-state index contributed by atoms with van der Waals surface area (Å²) < 4.78 is 32.4. The standard InChI is InChI=1S/C14H21NO3S2/c1-11-13-5-9-19-14(13)2-6-15(11)20(16,17)10-12-3-7-18-8-4-12/h5,9,11-12H,2-4,6-8,10H2,1H3/t11-/m1/s1.